The summed E-state index contributed by atoms with van der Waals surface area (Å²) in [5.74, 6) is 3.60. The molecule has 10 heavy (non-hydrogen) atoms. The Balaban J connectivity index is 2.77. The third kappa shape index (κ3) is 8.35. The lowest BCUT2D eigenvalue weighted by Gasteiger charge is -2.02. The van der Waals surface area contributed by atoms with E-state index in [4.69, 9.17) is 0 Å². The fraction of sp³-hybridized carbons (Fsp3) is 1.00. The van der Waals surface area contributed by atoms with Gasteiger partial charge in [-0.05, 0) is 30.3 Å². The fourth-order valence-electron chi connectivity index (χ4n) is 0.840. The minimum atomic E-state index is 0.891. The summed E-state index contributed by atoms with van der Waals surface area (Å²) in [4.78, 5) is 0. The number of thioether (sulfide) groups is 1. The van der Waals surface area contributed by atoms with Crippen LogP contribution in [0.5, 0.6) is 0 Å². The van der Waals surface area contributed by atoms with Gasteiger partial charge in [0.1, 0.15) is 0 Å². The summed E-state index contributed by atoms with van der Waals surface area (Å²) in [5, 5.41) is 0. The highest BCUT2D eigenvalue weighted by Gasteiger charge is 1.92. The quantitative estimate of drug-likeness (QED) is 0.535. The molecule has 0 amide bonds. The maximum atomic E-state index is 2.30. The highest BCUT2D eigenvalue weighted by Crippen LogP contribution is 2.09. The summed E-state index contributed by atoms with van der Waals surface area (Å²) < 4.78 is 0. The zero-order valence-electron chi connectivity index (χ0n) is 7.52. The molecule has 0 heterocycles. The number of hydrogen-bond donors (Lipinski definition) is 0. The van der Waals surface area contributed by atoms with Gasteiger partial charge in [0.15, 0.2) is 0 Å². The SMILES string of the molecule is CCCSCCCC(C)C. The van der Waals surface area contributed by atoms with Gasteiger partial charge >= 0.3 is 0 Å². The van der Waals surface area contributed by atoms with Crippen LogP contribution in [0, 0.1) is 5.92 Å². The summed E-state index contributed by atoms with van der Waals surface area (Å²) in [6.07, 6.45) is 4.13. The van der Waals surface area contributed by atoms with Crippen molar-refractivity contribution in [3.8, 4) is 0 Å². The Morgan fingerprint density at radius 1 is 1.20 bits per heavy atom. The number of hydrogen-bond acceptors (Lipinski definition) is 1. The maximum Gasteiger partial charge on any atom is -0.00674 e. The first kappa shape index (κ1) is 10.3. The molecular weight excluding hydrogens is 140 g/mol. The van der Waals surface area contributed by atoms with Gasteiger partial charge < -0.3 is 0 Å². The topological polar surface area (TPSA) is 0 Å². The highest BCUT2D eigenvalue weighted by atomic mass is 32.2. The maximum absolute atomic E-state index is 2.30. The Bertz CT molecular complexity index is 59.7. The van der Waals surface area contributed by atoms with Crippen molar-refractivity contribution < 1.29 is 0 Å². The summed E-state index contributed by atoms with van der Waals surface area (Å²) in [6, 6.07) is 0. The Morgan fingerprint density at radius 3 is 2.40 bits per heavy atom. The first-order chi connectivity index (χ1) is 4.77. The predicted octanol–water partition coefficient (Wildman–Crippen LogP) is 3.57. The van der Waals surface area contributed by atoms with E-state index >= 15 is 0 Å². The van der Waals surface area contributed by atoms with Crippen LogP contribution in [0.3, 0.4) is 0 Å². The zero-order valence-corrected chi connectivity index (χ0v) is 8.34. The van der Waals surface area contributed by atoms with Gasteiger partial charge in [-0.1, -0.05) is 27.2 Å². The second-order valence-electron chi connectivity index (χ2n) is 3.15. The first-order valence-corrected chi connectivity index (χ1v) is 5.50. The molecule has 0 spiro atoms. The summed E-state index contributed by atoms with van der Waals surface area (Å²) in [6.45, 7) is 6.84. The Kier molecular flexibility index (Phi) is 7.72. The van der Waals surface area contributed by atoms with E-state index in [9.17, 15) is 0 Å². The van der Waals surface area contributed by atoms with Crippen LogP contribution < -0.4 is 0 Å². The van der Waals surface area contributed by atoms with E-state index in [2.05, 4.69) is 32.5 Å². The lowest BCUT2D eigenvalue weighted by molar-refractivity contribution is 0.579. The molecule has 0 aromatic carbocycles. The van der Waals surface area contributed by atoms with Crippen LogP contribution in [0.15, 0.2) is 0 Å². The highest BCUT2D eigenvalue weighted by molar-refractivity contribution is 7.99. The average molecular weight is 160 g/mol. The Morgan fingerprint density at radius 2 is 1.90 bits per heavy atom. The molecule has 0 bridgehead atoms. The van der Waals surface area contributed by atoms with Crippen molar-refractivity contribution in [2.75, 3.05) is 11.5 Å². The molecule has 0 unspecified atom stereocenters. The molecule has 0 N–H and O–H groups in total. The monoisotopic (exact) mass is 160 g/mol. The van der Waals surface area contributed by atoms with Crippen molar-refractivity contribution in [1.29, 1.82) is 0 Å². The molecule has 1 heteroatoms. The van der Waals surface area contributed by atoms with Crippen molar-refractivity contribution in [2.45, 2.75) is 40.0 Å². The summed E-state index contributed by atoms with van der Waals surface area (Å²) in [7, 11) is 0. The molecule has 0 saturated carbocycles. The van der Waals surface area contributed by atoms with E-state index in [0.29, 0.717) is 0 Å². The van der Waals surface area contributed by atoms with Gasteiger partial charge in [-0.15, -0.1) is 0 Å². The molecule has 0 saturated heterocycles. The Hall–Kier alpha value is 0.350. The van der Waals surface area contributed by atoms with E-state index in [1.54, 1.807) is 0 Å². The van der Waals surface area contributed by atoms with E-state index in [1.807, 2.05) is 0 Å². The molecule has 62 valence electrons. The lowest BCUT2D eigenvalue weighted by Crippen LogP contribution is -1.89. The van der Waals surface area contributed by atoms with E-state index in [-0.39, 0.29) is 0 Å². The second kappa shape index (κ2) is 7.46. The van der Waals surface area contributed by atoms with Crippen molar-refractivity contribution in [1.82, 2.24) is 0 Å². The van der Waals surface area contributed by atoms with Gasteiger partial charge in [0.25, 0.3) is 0 Å². The third-order valence-electron chi connectivity index (χ3n) is 1.42. The van der Waals surface area contributed by atoms with Crippen molar-refractivity contribution >= 4 is 11.8 Å². The van der Waals surface area contributed by atoms with Crippen molar-refractivity contribution in [3.63, 3.8) is 0 Å². The average Bonchev–Trinajstić information content (AvgIpc) is 1.87. The minimum Gasteiger partial charge on any atom is -0.162 e. The van der Waals surface area contributed by atoms with Gasteiger partial charge in [0.2, 0.25) is 0 Å². The first-order valence-electron chi connectivity index (χ1n) is 4.35. The van der Waals surface area contributed by atoms with Crippen LogP contribution >= 0.6 is 11.8 Å². The fourth-order valence-corrected chi connectivity index (χ4v) is 1.70. The van der Waals surface area contributed by atoms with Gasteiger partial charge in [-0.2, -0.15) is 11.8 Å². The standard InChI is InChI=1S/C9H20S/c1-4-7-10-8-5-6-9(2)3/h9H,4-8H2,1-3H3. The largest absolute Gasteiger partial charge is 0.162 e. The minimum absolute atomic E-state index is 0.891. The van der Waals surface area contributed by atoms with Crippen LogP contribution in [0.25, 0.3) is 0 Å². The smallest absolute Gasteiger partial charge is 0.00674 e. The van der Waals surface area contributed by atoms with E-state index < -0.39 is 0 Å². The van der Waals surface area contributed by atoms with Crippen LogP contribution in [0.1, 0.15) is 40.0 Å². The molecule has 0 aliphatic carbocycles. The zero-order chi connectivity index (χ0) is 7.82. The van der Waals surface area contributed by atoms with Crippen molar-refractivity contribution in [3.05, 3.63) is 0 Å². The van der Waals surface area contributed by atoms with E-state index in [0.717, 1.165) is 5.92 Å². The molecule has 0 aliphatic rings. The second-order valence-corrected chi connectivity index (χ2v) is 4.37. The molecule has 0 atom stereocenters. The van der Waals surface area contributed by atoms with Crippen LogP contribution in [-0.2, 0) is 0 Å². The van der Waals surface area contributed by atoms with Crippen LogP contribution in [0.4, 0.5) is 0 Å². The molecule has 0 radical (unpaired) electrons. The molecule has 0 fully saturated rings. The lowest BCUT2D eigenvalue weighted by atomic mass is 10.1. The summed E-state index contributed by atoms with van der Waals surface area (Å²) >= 11 is 2.10. The van der Waals surface area contributed by atoms with Gasteiger partial charge in [0, 0.05) is 0 Å². The molecule has 0 rings (SSSR count). The predicted molar refractivity (Wildman–Crippen MR) is 51.7 cm³/mol. The Labute approximate surface area is 69.8 Å². The summed E-state index contributed by atoms with van der Waals surface area (Å²) in [5.41, 5.74) is 0. The molecule has 0 aromatic rings. The van der Waals surface area contributed by atoms with E-state index in [1.165, 1.54) is 30.8 Å². The van der Waals surface area contributed by atoms with Crippen molar-refractivity contribution in [2.24, 2.45) is 5.92 Å². The van der Waals surface area contributed by atoms with Crippen LogP contribution in [0.2, 0.25) is 0 Å². The molecule has 0 nitrogen and oxygen atoms in total. The molecular formula is C9H20S. The van der Waals surface area contributed by atoms with Gasteiger partial charge in [-0.25, -0.2) is 0 Å². The molecule has 0 aromatic heterocycles. The van der Waals surface area contributed by atoms with Gasteiger partial charge in [0.05, 0.1) is 0 Å². The third-order valence-corrected chi connectivity index (χ3v) is 2.69. The number of rotatable bonds is 6. The molecule has 0 aliphatic heterocycles. The van der Waals surface area contributed by atoms with Crippen LogP contribution in [-0.4, -0.2) is 11.5 Å². The van der Waals surface area contributed by atoms with Gasteiger partial charge in [-0.3, -0.25) is 0 Å². The normalized spacial score (nSPS) is 10.8.